The van der Waals surface area contributed by atoms with Crippen LogP contribution in [0.25, 0.3) is 0 Å². The van der Waals surface area contributed by atoms with E-state index in [0.717, 1.165) is 11.1 Å². The van der Waals surface area contributed by atoms with Crippen LogP contribution in [-0.4, -0.2) is 50.5 Å². The number of ether oxygens (including phenoxy) is 1. The molecule has 2 N–H and O–H groups in total. The highest BCUT2D eigenvalue weighted by molar-refractivity contribution is 7.89. The van der Waals surface area contributed by atoms with E-state index < -0.39 is 28.1 Å². The van der Waals surface area contributed by atoms with Crippen LogP contribution in [0.2, 0.25) is 5.02 Å². The van der Waals surface area contributed by atoms with Gasteiger partial charge in [0.1, 0.15) is 6.23 Å². The second kappa shape index (κ2) is 9.99. The number of carbonyl (C=O) groups excluding carboxylic acids is 2. The molecule has 0 aliphatic carbocycles. The summed E-state index contributed by atoms with van der Waals surface area (Å²) in [7, 11) is -3.84. The summed E-state index contributed by atoms with van der Waals surface area (Å²) in [5, 5.41) is 5.55. The van der Waals surface area contributed by atoms with Crippen LogP contribution in [0.4, 0.5) is 0 Å². The molecule has 0 bridgehead atoms. The number of carbonyl (C=O) groups is 2. The fourth-order valence-corrected chi connectivity index (χ4v) is 5.81. The van der Waals surface area contributed by atoms with Gasteiger partial charge in [0.2, 0.25) is 10.0 Å². The van der Waals surface area contributed by atoms with Gasteiger partial charge < -0.3 is 15.4 Å². The smallest absolute Gasteiger partial charge is 0.309 e. The fraction of sp³-hybridized carbons (Fsp3) is 0.364. The second-order valence-corrected chi connectivity index (χ2v) is 9.95. The topological polar surface area (TPSA) is 105 Å². The lowest BCUT2D eigenvalue weighted by Crippen LogP contribution is -2.47. The molecule has 3 rings (SSSR count). The Morgan fingerprint density at radius 1 is 1.06 bits per heavy atom. The quantitative estimate of drug-likeness (QED) is 0.617. The highest BCUT2D eigenvalue weighted by Crippen LogP contribution is 2.28. The Morgan fingerprint density at radius 3 is 2.28 bits per heavy atom. The number of sulfonamides is 1. The summed E-state index contributed by atoms with van der Waals surface area (Å²) < 4.78 is 33.4. The molecule has 0 radical (unpaired) electrons. The maximum atomic E-state index is 13.3. The van der Waals surface area contributed by atoms with E-state index in [-0.39, 0.29) is 31.1 Å². The van der Waals surface area contributed by atoms with Gasteiger partial charge in [0, 0.05) is 18.1 Å². The van der Waals surface area contributed by atoms with Crippen molar-refractivity contribution < 1.29 is 22.7 Å². The molecule has 1 fully saturated rings. The number of rotatable bonds is 6. The van der Waals surface area contributed by atoms with Crippen LogP contribution in [0.1, 0.15) is 22.3 Å². The van der Waals surface area contributed by atoms with Crippen molar-refractivity contribution in [1.29, 1.82) is 0 Å². The highest BCUT2D eigenvalue weighted by atomic mass is 35.5. The molecule has 2 aromatic carbocycles. The number of nitrogens with zero attached hydrogens (tertiary/aromatic N) is 1. The monoisotopic (exact) mass is 479 g/mol. The molecule has 0 spiro atoms. The molecule has 1 aliphatic heterocycles. The molecule has 1 saturated heterocycles. The summed E-state index contributed by atoms with van der Waals surface area (Å²) in [5.41, 5.74) is 3.07. The van der Waals surface area contributed by atoms with Crippen molar-refractivity contribution in [2.24, 2.45) is 0 Å². The Balaban J connectivity index is 1.61. The average molecular weight is 480 g/mol. The second-order valence-electron chi connectivity index (χ2n) is 7.69. The van der Waals surface area contributed by atoms with E-state index in [1.807, 2.05) is 19.1 Å². The third-order valence-electron chi connectivity index (χ3n) is 5.12. The van der Waals surface area contributed by atoms with Gasteiger partial charge >= 0.3 is 11.8 Å². The van der Waals surface area contributed by atoms with Crippen molar-refractivity contribution >= 4 is 33.4 Å². The molecular weight excluding hydrogens is 454 g/mol. The van der Waals surface area contributed by atoms with Gasteiger partial charge in [0.05, 0.1) is 18.0 Å². The minimum absolute atomic E-state index is 0.142. The molecule has 32 heavy (non-hydrogen) atoms. The van der Waals surface area contributed by atoms with Crippen LogP contribution in [-0.2, 0) is 30.9 Å². The van der Waals surface area contributed by atoms with E-state index in [9.17, 15) is 18.0 Å². The third kappa shape index (κ3) is 5.47. The van der Waals surface area contributed by atoms with E-state index in [2.05, 4.69) is 10.6 Å². The Hall–Kier alpha value is -2.46. The standard InChI is InChI=1S/C22H26ClN3O5S/c1-14-10-15(2)20(16(3)11-14)32(29,30)26-8-9-31-19(26)13-25-22(28)21(27)24-12-17-4-6-18(23)7-5-17/h4-7,10-11,19H,8-9,12-13H2,1-3H3,(H,24,27)(H,25,28)/t19-/m0/s1. The minimum atomic E-state index is -3.84. The van der Waals surface area contributed by atoms with E-state index in [4.69, 9.17) is 16.3 Å². The van der Waals surface area contributed by atoms with Crippen molar-refractivity contribution in [2.45, 2.75) is 38.4 Å². The first-order valence-electron chi connectivity index (χ1n) is 10.1. The van der Waals surface area contributed by atoms with Gasteiger partial charge in [0.15, 0.2) is 0 Å². The van der Waals surface area contributed by atoms with Crippen LogP contribution in [0.15, 0.2) is 41.3 Å². The van der Waals surface area contributed by atoms with Crippen LogP contribution in [0.3, 0.4) is 0 Å². The number of benzene rings is 2. The Bertz CT molecular complexity index is 1100. The Kier molecular flexibility index (Phi) is 7.55. The predicted octanol–water partition coefficient (Wildman–Crippen LogP) is 2.04. The number of nitrogens with one attached hydrogen (secondary N) is 2. The molecule has 172 valence electrons. The minimum Gasteiger partial charge on any atom is -0.359 e. The molecule has 8 nitrogen and oxygen atoms in total. The summed E-state index contributed by atoms with van der Waals surface area (Å²) >= 11 is 5.83. The summed E-state index contributed by atoms with van der Waals surface area (Å²) in [6, 6.07) is 10.5. The molecule has 0 aromatic heterocycles. The van der Waals surface area contributed by atoms with Crippen LogP contribution < -0.4 is 10.6 Å². The van der Waals surface area contributed by atoms with Crippen molar-refractivity contribution in [3.05, 3.63) is 63.7 Å². The lowest BCUT2D eigenvalue weighted by Gasteiger charge is -2.24. The molecule has 1 heterocycles. The Morgan fingerprint density at radius 2 is 1.66 bits per heavy atom. The molecule has 1 aliphatic rings. The molecule has 0 saturated carbocycles. The molecule has 2 amide bonds. The Labute approximate surface area is 192 Å². The molecule has 0 unspecified atom stereocenters. The van der Waals surface area contributed by atoms with Crippen LogP contribution in [0, 0.1) is 20.8 Å². The molecular formula is C22H26ClN3O5S. The SMILES string of the molecule is Cc1cc(C)c(S(=O)(=O)N2CCO[C@H]2CNC(=O)C(=O)NCc2ccc(Cl)cc2)c(C)c1. The number of hydrogen-bond donors (Lipinski definition) is 2. The highest BCUT2D eigenvalue weighted by Gasteiger charge is 2.38. The van der Waals surface area contributed by atoms with Gasteiger partial charge in [-0.25, -0.2) is 8.42 Å². The van der Waals surface area contributed by atoms with Gasteiger partial charge in [-0.15, -0.1) is 0 Å². The summed E-state index contributed by atoms with van der Waals surface area (Å²) in [6.45, 7) is 5.81. The van der Waals surface area contributed by atoms with Gasteiger partial charge in [-0.3, -0.25) is 9.59 Å². The maximum absolute atomic E-state index is 13.3. The normalized spacial score (nSPS) is 16.7. The van der Waals surface area contributed by atoms with Gasteiger partial charge in [-0.05, 0) is 49.6 Å². The van der Waals surface area contributed by atoms with Crippen molar-refractivity contribution in [3.8, 4) is 0 Å². The summed E-state index contributed by atoms with van der Waals surface area (Å²) in [6.07, 6.45) is -0.895. The zero-order chi connectivity index (χ0) is 23.5. The fourth-order valence-electron chi connectivity index (χ4n) is 3.76. The molecule has 10 heteroatoms. The van der Waals surface area contributed by atoms with Crippen LogP contribution in [0.5, 0.6) is 0 Å². The lowest BCUT2D eigenvalue weighted by atomic mass is 10.1. The third-order valence-corrected chi connectivity index (χ3v) is 7.57. The maximum Gasteiger partial charge on any atom is 0.309 e. The first-order valence-corrected chi connectivity index (χ1v) is 11.9. The zero-order valence-corrected chi connectivity index (χ0v) is 19.7. The summed E-state index contributed by atoms with van der Waals surface area (Å²) in [5.74, 6) is -1.69. The van der Waals surface area contributed by atoms with Crippen molar-refractivity contribution in [1.82, 2.24) is 14.9 Å². The number of aryl methyl sites for hydroxylation is 3. The van der Waals surface area contributed by atoms with E-state index >= 15 is 0 Å². The first-order chi connectivity index (χ1) is 15.1. The van der Waals surface area contributed by atoms with E-state index in [0.29, 0.717) is 16.1 Å². The molecule has 2 aromatic rings. The largest absolute Gasteiger partial charge is 0.359 e. The zero-order valence-electron chi connectivity index (χ0n) is 18.1. The van der Waals surface area contributed by atoms with Crippen molar-refractivity contribution in [3.63, 3.8) is 0 Å². The average Bonchev–Trinajstić information content (AvgIpc) is 3.20. The van der Waals surface area contributed by atoms with Crippen LogP contribution >= 0.6 is 11.6 Å². The lowest BCUT2D eigenvalue weighted by molar-refractivity contribution is -0.139. The molecule has 1 atom stereocenters. The van der Waals surface area contributed by atoms with Gasteiger partial charge in [-0.1, -0.05) is 41.4 Å². The predicted molar refractivity (Wildman–Crippen MR) is 121 cm³/mol. The van der Waals surface area contributed by atoms with Gasteiger partial charge in [-0.2, -0.15) is 4.31 Å². The number of amides is 2. The summed E-state index contributed by atoms with van der Waals surface area (Å²) in [4.78, 5) is 24.5. The van der Waals surface area contributed by atoms with Gasteiger partial charge in [0.25, 0.3) is 0 Å². The van der Waals surface area contributed by atoms with E-state index in [1.54, 1.807) is 38.1 Å². The van der Waals surface area contributed by atoms with Crippen molar-refractivity contribution in [2.75, 3.05) is 19.7 Å². The number of hydrogen-bond acceptors (Lipinski definition) is 5. The van der Waals surface area contributed by atoms with E-state index in [1.165, 1.54) is 4.31 Å². The first kappa shape index (κ1) is 24.2. The number of halogens is 1.